The van der Waals surface area contributed by atoms with Crippen LogP contribution in [0.4, 0.5) is 0 Å². The molecule has 3 aliphatic rings. The SMILES string of the molecule is CC(=O)O[C@@H]1CC2CC2C[C@@H](OC(=O)/C=C/c2cn(C)cn2)C[C@H]2C(C)=CC[C@H](C(C)C)[C@H]2C1. The Morgan fingerprint density at radius 1 is 1.09 bits per heavy atom. The van der Waals surface area contributed by atoms with E-state index in [0.717, 1.165) is 44.2 Å². The van der Waals surface area contributed by atoms with E-state index in [4.69, 9.17) is 9.47 Å². The summed E-state index contributed by atoms with van der Waals surface area (Å²) in [6, 6.07) is 0. The number of allylic oxidation sites excluding steroid dienone is 2. The Morgan fingerprint density at radius 2 is 1.79 bits per heavy atom. The molecule has 0 saturated heterocycles. The second kappa shape index (κ2) is 10.5. The number of hydrogen-bond acceptors (Lipinski definition) is 5. The highest BCUT2D eigenvalue weighted by molar-refractivity contribution is 5.86. The molecule has 0 amide bonds. The van der Waals surface area contributed by atoms with Gasteiger partial charge in [-0.05, 0) is 87.0 Å². The first-order valence-electron chi connectivity index (χ1n) is 12.9. The summed E-state index contributed by atoms with van der Waals surface area (Å²) in [7, 11) is 1.90. The van der Waals surface area contributed by atoms with Crippen LogP contribution in [0.2, 0.25) is 0 Å². The van der Waals surface area contributed by atoms with Gasteiger partial charge < -0.3 is 14.0 Å². The van der Waals surface area contributed by atoms with Crippen LogP contribution in [0.3, 0.4) is 0 Å². The highest BCUT2D eigenvalue weighted by atomic mass is 16.5. The minimum atomic E-state index is -0.294. The van der Waals surface area contributed by atoms with Crippen LogP contribution in [-0.2, 0) is 26.1 Å². The van der Waals surface area contributed by atoms with E-state index >= 15 is 0 Å². The van der Waals surface area contributed by atoms with Crippen molar-refractivity contribution in [3.63, 3.8) is 0 Å². The molecule has 34 heavy (non-hydrogen) atoms. The van der Waals surface area contributed by atoms with Crippen LogP contribution in [-0.4, -0.2) is 33.7 Å². The average Bonchev–Trinajstić information content (AvgIpc) is 3.33. The molecule has 0 radical (unpaired) electrons. The van der Waals surface area contributed by atoms with E-state index in [9.17, 15) is 9.59 Å². The maximum absolute atomic E-state index is 12.7. The molecule has 2 fully saturated rings. The normalized spacial score (nSPS) is 33.6. The van der Waals surface area contributed by atoms with Crippen LogP contribution < -0.4 is 0 Å². The van der Waals surface area contributed by atoms with Gasteiger partial charge in [-0.2, -0.15) is 0 Å². The van der Waals surface area contributed by atoms with Crippen molar-refractivity contribution in [2.75, 3.05) is 0 Å². The number of nitrogens with zero attached hydrogens (tertiary/aromatic N) is 2. The molecule has 0 spiro atoms. The largest absolute Gasteiger partial charge is 0.463 e. The van der Waals surface area contributed by atoms with E-state index in [2.05, 4.69) is 31.8 Å². The molecule has 2 saturated carbocycles. The summed E-state index contributed by atoms with van der Waals surface area (Å²) >= 11 is 0. The third-order valence-electron chi connectivity index (χ3n) is 8.20. The topological polar surface area (TPSA) is 70.4 Å². The molecule has 0 bridgehead atoms. The third kappa shape index (κ3) is 6.19. The molecule has 4 rings (SSSR count). The fourth-order valence-corrected chi connectivity index (χ4v) is 6.40. The van der Waals surface area contributed by atoms with Crippen molar-refractivity contribution in [2.45, 2.75) is 78.4 Å². The smallest absolute Gasteiger partial charge is 0.331 e. The Balaban J connectivity index is 1.53. The minimum Gasteiger partial charge on any atom is -0.463 e. The maximum Gasteiger partial charge on any atom is 0.331 e. The third-order valence-corrected chi connectivity index (χ3v) is 8.20. The van der Waals surface area contributed by atoms with Crippen molar-refractivity contribution in [3.8, 4) is 0 Å². The maximum atomic E-state index is 12.7. The second-order valence-electron chi connectivity index (χ2n) is 11.1. The Labute approximate surface area is 203 Å². The van der Waals surface area contributed by atoms with Gasteiger partial charge in [-0.15, -0.1) is 0 Å². The van der Waals surface area contributed by atoms with Crippen LogP contribution >= 0.6 is 0 Å². The summed E-state index contributed by atoms with van der Waals surface area (Å²) in [4.78, 5) is 28.8. The number of hydrogen-bond donors (Lipinski definition) is 0. The van der Waals surface area contributed by atoms with Crippen molar-refractivity contribution in [1.29, 1.82) is 0 Å². The van der Waals surface area contributed by atoms with Gasteiger partial charge in [-0.25, -0.2) is 9.78 Å². The van der Waals surface area contributed by atoms with Crippen molar-refractivity contribution in [3.05, 3.63) is 35.9 Å². The van der Waals surface area contributed by atoms with Crippen LogP contribution in [0.25, 0.3) is 6.08 Å². The summed E-state index contributed by atoms with van der Waals surface area (Å²) in [6.07, 6.45) is 14.9. The molecule has 6 heteroatoms. The Morgan fingerprint density at radius 3 is 2.41 bits per heavy atom. The number of esters is 2. The highest BCUT2D eigenvalue weighted by Gasteiger charge is 2.46. The van der Waals surface area contributed by atoms with Crippen LogP contribution in [0, 0.1) is 35.5 Å². The van der Waals surface area contributed by atoms with Gasteiger partial charge in [0.05, 0.1) is 12.0 Å². The summed E-state index contributed by atoms with van der Waals surface area (Å²) in [6.45, 7) is 8.35. The molecule has 1 aromatic rings. The van der Waals surface area contributed by atoms with Crippen molar-refractivity contribution < 1.29 is 19.1 Å². The zero-order chi connectivity index (χ0) is 24.4. The van der Waals surface area contributed by atoms with Crippen molar-refractivity contribution in [1.82, 2.24) is 9.55 Å². The number of carbonyl (C=O) groups is 2. The minimum absolute atomic E-state index is 0.00689. The molecule has 186 valence electrons. The van der Waals surface area contributed by atoms with Crippen LogP contribution in [0.5, 0.6) is 0 Å². The highest BCUT2D eigenvalue weighted by Crippen LogP contribution is 2.51. The summed E-state index contributed by atoms with van der Waals surface area (Å²) < 4.78 is 13.8. The molecule has 2 unspecified atom stereocenters. The Kier molecular flexibility index (Phi) is 7.63. The molecule has 0 aliphatic heterocycles. The second-order valence-corrected chi connectivity index (χ2v) is 11.1. The number of imidazole rings is 1. The van der Waals surface area contributed by atoms with Crippen LogP contribution in [0.1, 0.15) is 71.9 Å². The molecule has 6 nitrogen and oxygen atoms in total. The summed E-state index contributed by atoms with van der Waals surface area (Å²) in [5.41, 5.74) is 2.14. The van der Waals surface area contributed by atoms with E-state index in [0.29, 0.717) is 35.5 Å². The molecule has 7 atom stereocenters. The Hall–Kier alpha value is -2.37. The lowest BCUT2D eigenvalue weighted by Crippen LogP contribution is -2.38. The first-order chi connectivity index (χ1) is 16.2. The predicted molar refractivity (Wildman–Crippen MR) is 131 cm³/mol. The number of ether oxygens (including phenoxy) is 2. The van der Waals surface area contributed by atoms with Crippen molar-refractivity contribution >= 4 is 18.0 Å². The standard InChI is InChI=1S/C28H40N2O4/c1-17(2)25-8-6-18(3)26-13-24(34-28(32)9-7-22-15-30(5)16-29-22)12-21-10-20(21)11-23(14-27(25)26)33-19(4)31/h6-7,9,15-17,20-21,23-27H,8,10-14H2,1-5H3/b9-7+/t20?,21?,23-,24-,25-,26+,27-/m1/s1. The molecule has 0 aromatic carbocycles. The number of carbonyl (C=O) groups excluding carboxylic acids is 2. The first kappa shape index (κ1) is 24.7. The average molecular weight is 469 g/mol. The molecular weight excluding hydrogens is 428 g/mol. The van der Waals surface area contributed by atoms with Gasteiger partial charge in [-0.3, -0.25) is 4.79 Å². The summed E-state index contributed by atoms with van der Waals surface area (Å²) in [5.74, 6) is 2.49. The number of fused-ring (bicyclic) bond motifs is 2. The van der Waals surface area contributed by atoms with Gasteiger partial charge in [0, 0.05) is 26.2 Å². The van der Waals surface area contributed by atoms with Gasteiger partial charge in [-0.1, -0.05) is 25.5 Å². The lowest BCUT2D eigenvalue weighted by atomic mass is 9.64. The van der Waals surface area contributed by atoms with Crippen LogP contribution in [0.15, 0.2) is 30.2 Å². The molecule has 1 heterocycles. The van der Waals surface area contributed by atoms with Gasteiger partial charge in [0.2, 0.25) is 0 Å². The van der Waals surface area contributed by atoms with Gasteiger partial charge in [0.25, 0.3) is 0 Å². The molecular formula is C28H40N2O4. The molecule has 1 aromatic heterocycles. The summed E-state index contributed by atoms with van der Waals surface area (Å²) in [5, 5.41) is 0. The number of aryl methyl sites for hydroxylation is 1. The lowest BCUT2D eigenvalue weighted by molar-refractivity contribution is -0.150. The van der Waals surface area contributed by atoms with E-state index in [-0.39, 0.29) is 24.1 Å². The first-order valence-corrected chi connectivity index (χ1v) is 12.9. The molecule has 0 N–H and O–H groups in total. The number of rotatable bonds is 5. The molecule has 3 aliphatic carbocycles. The van der Waals surface area contributed by atoms with E-state index in [1.165, 1.54) is 18.6 Å². The van der Waals surface area contributed by atoms with Gasteiger partial charge in [0.1, 0.15) is 12.2 Å². The van der Waals surface area contributed by atoms with E-state index < -0.39 is 0 Å². The van der Waals surface area contributed by atoms with Gasteiger partial charge in [0.15, 0.2) is 0 Å². The number of aromatic nitrogens is 2. The monoisotopic (exact) mass is 468 g/mol. The zero-order valence-electron chi connectivity index (χ0n) is 21.3. The van der Waals surface area contributed by atoms with E-state index in [1.54, 1.807) is 12.4 Å². The zero-order valence-corrected chi connectivity index (χ0v) is 21.3. The fraction of sp³-hybridized carbons (Fsp3) is 0.679. The lowest BCUT2D eigenvalue weighted by Gasteiger charge is -2.43. The van der Waals surface area contributed by atoms with Gasteiger partial charge >= 0.3 is 11.9 Å². The quantitative estimate of drug-likeness (QED) is 0.331. The van der Waals surface area contributed by atoms with E-state index in [1.807, 2.05) is 17.8 Å². The van der Waals surface area contributed by atoms with Crippen molar-refractivity contribution in [2.24, 2.45) is 42.6 Å². The fourth-order valence-electron chi connectivity index (χ4n) is 6.40. The Bertz CT molecular complexity index is 946. The predicted octanol–water partition coefficient (Wildman–Crippen LogP) is 5.34.